The van der Waals surface area contributed by atoms with Gasteiger partial charge in [0.15, 0.2) is 0 Å². The van der Waals surface area contributed by atoms with Crippen LogP contribution >= 0.6 is 11.6 Å². The van der Waals surface area contributed by atoms with Gasteiger partial charge in [0, 0.05) is 24.5 Å². The molecular weight excluding hydrogens is 316 g/mol. The van der Waals surface area contributed by atoms with Crippen molar-refractivity contribution in [3.8, 4) is 0 Å². The Bertz CT molecular complexity index is 533. The Kier molecular flexibility index (Phi) is 6.71. The Morgan fingerprint density at radius 1 is 1.22 bits per heavy atom. The fourth-order valence-electron chi connectivity index (χ4n) is 2.92. The Morgan fingerprint density at radius 2 is 1.96 bits per heavy atom. The standard InChI is InChI=1S/C17H23ClN2O3/c18-14-9-7-13(8-10-14)15-5-2-1-3-12-20(15)17(23)19-11-4-6-16(21)22/h7-10,15H,1-6,11-12H2,(H,19,23)(H,21,22). The number of hydrogen-bond acceptors (Lipinski definition) is 2. The molecule has 1 aliphatic rings. The van der Waals surface area contributed by atoms with Crippen molar-refractivity contribution in [1.29, 1.82) is 0 Å². The number of benzene rings is 1. The van der Waals surface area contributed by atoms with Gasteiger partial charge in [-0.3, -0.25) is 4.79 Å². The summed E-state index contributed by atoms with van der Waals surface area (Å²) >= 11 is 5.95. The van der Waals surface area contributed by atoms with E-state index in [4.69, 9.17) is 16.7 Å². The molecule has 126 valence electrons. The SMILES string of the molecule is O=C(O)CCCNC(=O)N1CCCCCC1c1ccc(Cl)cc1. The van der Waals surface area contributed by atoms with Crippen LogP contribution in [0.2, 0.25) is 5.02 Å². The quantitative estimate of drug-likeness (QED) is 0.801. The molecule has 1 atom stereocenters. The summed E-state index contributed by atoms with van der Waals surface area (Å²) in [7, 11) is 0. The van der Waals surface area contributed by atoms with Crippen molar-refractivity contribution < 1.29 is 14.7 Å². The molecule has 0 aliphatic carbocycles. The fourth-order valence-corrected chi connectivity index (χ4v) is 3.05. The van der Waals surface area contributed by atoms with Crippen molar-refractivity contribution in [3.63, 3.8) is 0 Å². The van der Waals surface area contributed by atoms with E-state index < -0.39 is 5.97 Å². The van der Waals surface area contributed by atoms with Gasteiger partial charge in [-0.1, -0.05) is 36.6 Å². The highest BCUT2D eigenvalue weighted by Gasteiger charge is 2.26. The number of carbonyl (C=O) groups excluding carboxylic acids is 1. The van der Waals surface area contributed by atoms with Crippen molar-refractivity contribution in [2.75, 3.05) is 13.1 Å². The number of amides is 2. The lowest BCUT2D eigenvalue weighted by molar-refractivity contribution is -0.137. The molecule has 1 aliphatic heterocycles. The van der Waals surface area contributed by atoms with Crippen LogP contribution in [0, 0.1) is 0 Å². The summed E-state index contributed by atoms with van der Waals surface area (Å²) in [5.41, 5.74) is 1.09. The highest BCUT2D eigenvalue weighted by Crippen LogP contribution is 2.30. The predicted octanol–water partition coefficient (Wildman–Crippen LogP) is 3.83. The zero-order valence-electron chi connectivity index (χ0n) is 13.1. The third-order valence-corrected chi connectivity index (χ3v) is 4.36. The van der Waals surface area contributed by atoms with E-state index in [-0.39, 0.29) is 18.5 Å². The number of likely N-dealkylation sites (tertiary alicyclic amines) is 1. The first-order valence-corrected chi connectivity index (χ1v) is 8.47. The minimum atomic E-state index is -0.840. The molecule has 2 amide bonds. The van der Waals surface area contributed by atoms with E-state index >= 15 is 0 Å². The predicted molar refractivity (Wildman–Crippen MR) is 89.6 cm³/mol. The Balaban J connectivity index is 2.01. The van der Waals surface area contributed by atoms with Gasteiger partial charge in [0.05, 0.1) is 6.04 Å². The van der Waals surface area contributed by atoms with E-state index in [2.05, 4.69) is 5.32 Å². The second-order valence-corrected chi connectivity index (χ2v) is 6.28. The summed E-state index contributed by atoms with van der Waals surface area (Å²) < 4.78 is 0. The Labute approximate surface area is 141 Å². The van der Waals surface area contributed by atoms with Gasteiger partial charge in [-0.2, -0.15) is 0 Å². The molecule has 23 heavy (non-hydrogen) atoms. The second-order valence-electron chi connectivity index (χ2n) is 5.84. The minimum absolute atomic E-state index is 0.0502. The molecule has 1 aromatic carbocycles. The van der Waals surface area contributed by atoms with Gasteiger partial charge in [-0.15, -0.1) is 0 Å². The smallest absolute Gasteiger partial charge is 0.317 e. The molecule has 5 nitrogen and oxygen atoms in total. The number of carboxylic acids is 1. The van der Waals surface area contributed by atoms with Crippen molar-refractivity contribution in [2.24, 2.45) is 0 Å². The van der Waals surface area contributed by atoms with E-state index in [1.54, 1.807) is 0 Å². The molecule has 2 N–H and O–H groups in total. The minimum Gasteiger partial charge on any atom is -0.481 e. The molecule has 1 fully saturated rings. The molecular formula is C17H23ClN2O3. The van der Waals surface area contributed by atoms with Crippen molar-refractivity contribution in [3.05, 3.63) is 34.9 Å². The zero-order valence-corrected chi connectivity index (χ0v) is 13.9. The van der Waals surface area contributed by atoms with Gasteiger partial charge in [-0.25, -0.2) is 4.79 Å². The fraction of sp³-hybridized carbons (Fsp3) is 0.529. The topological polar surface area (TPSA) is 69.6 Å². The second kappa shape index (κ2) is 8.77. The van der Waals surface area contributed by atoms with Crippen LogP contribution in [0.1, 0.15) is 50.1 Å². The summed E-state index contributed by atoms with van der Waals surface area (Å²) in [6, 6.07) is 7.59. The molecule has 2 rings (SSSR count). The van der Waals surface area contributed by atoms with Crippen LogP contribution in [0.25, 0.3) is 0 Å². The average molecular weight is 339 g/mol. The number of aliphatic carboxylic acids is 1. The molecule has 1 heterocycles. The van der Waals surface area contributed by atoms with Crippen LogP contribution in [0.4, 0.5) is 4.79 Å². The maximum absolute atomic E-state index is 12.5. The Hall–Kier alpha value is -1.75. The number of nitrogens with zero attached hydrogens (tertiary/aromatic N) is 1. The highest BCUT2D eigenvalue weighted by molar-refractivity contribution is 6.30. The number of hydrogen-bond donors (Lipinski definition) is 2. The normalized spacial score (nSPS) is 18.3. The monoisotopic (exact) mass is 338 g/mol. The van der Waals surface area contributed by atoms with Crippen molar-refractivity contribution >= 4 is 23.6 Å². The van der Waals surface area contributed by atoms with Crippen LogP contribution in [0.15, 0.2) is 24.3 Å². The lowest BCUT2D eigenvalue weighted by Gasteiger charge is -2.30. The molecule has 1 saturated heterocycles. The first kappa shape index (κ1) is 17.6. The van der Waals surface area contributed by atoms with E-state index in [0.717, 1.165) is 37.8 Å². The molecule has 0 aromatic heterocycles. The summed E-state index contributed by atoms with van der Waals surface area (Å²) in [4.78, 5) is 24.9. The van der Waals surface area contributed by atoms with Crippen LogP contribution < -0.4 is 5.32 Å². The Morgan fingerprint density at radius 3 is 2.65 bits per heavy atom. The van der Waals surface area contributed by atoms with Crippen LogP contribution in [0.3, 0.4) is 0 Å². The summed E-state index contributed by atoms with van der Waals surface area (Å²) in [5.74, 6) is -0.840. The number of carbonyl (C=O) groups is 2. The van der Waals surface area contributed by atoms with E-state index in [1.807, 2.05) is 29.2 Å². The highest BCUT2D eigenvalue weighted by atomic mass is 35.5. The number of halogens is 1. The molecule has 6 heteroatoms. The number of nitrogens with one attached hydrogen (secondary N) is 1. The van der Waals surface area contributed by atoms with Crippen LogP contribution in [-0.2, 0) is 4.79 Å². The molecule has 1 unspecified atom stereocenters. The van der Waals surface area contributed by atoms with E-state index in [9.17, 15) is 9.59 Å². The summed E-state index contributed by atoms with van der Waals surface area (Å²) in [5, 5.41) is 12.2. The first-order valence-electron chi connectivity index (χ1n) is 8.09. The first-order chi connectivity index (χ1) is 11.1. The number of rotatable bonds is 5. The van der Waals surface area contributed by atoms with Crippen molar-refractivity contribution in [1.82, 2.24) is 10.2 Å². The third-order valence-electron chi connectivity index (χ3n) is 4.11. The molecule has 1 aromatic rings. The molecule has 0 bridgehead atoms. The average Bonchev–Trinajstić information content (AvgIpc) is 2.78. The van der Waals surface area contributed by atoms with Gasteiger partial charge >= 0.3 is 12.0 Å². The van der Waals surface area contributed by atoms with E-state index in [1.165, 1.54) is 0 Å². The zero-order chi connectivity index (χ0) is 16.7. The summed E-state index contributed by atoms with van der Waals surface area (Å²) in [6.45, 7) is 1.10. The largest absolute Gasteiger partial charge is 0.481 e. The van der Waals surface area contributed by atoms with E-state index in [0.29, 0.717) is 18.0 Å². The third kappa shape index (κ3) is 5.43. The maximum Gasteiger partial charge on any atom is 0.317 e. The van der Waals surface area contributed by atoms with Gasteiger partial charge in [0.25, 0.3) is 0 Å². The number of carboxylic acid groups (broad SMARTS) is 1. The summed E-state index contributed by atoms with van der Waals surface area (Å²) in [6.07, 6.45) is 4.65. The van der Waals surface area contributed by atoms with Gasteiger partial charge < -0.3 is 15.3 Å². The lowest BCUT2D eigenvalue weighted by atomic mass is 10.0. The van der Waals surface area contributed by atoms with Gasteiger partial charge in [0.2, 0.25) is 0 Å². The van der Waals surface area contributed by atoms with Crippen LogP contribution in [-0.4, -0.2) is 35.1 Å². The van der Waals surface area contributed by atoms with Gasteiger partial charge in [0.1, 0.15) is 0 Å². The lowest BCUT2D eigenvalue weighted by Crippen LogP contribution is -2.42. The molecule has 0 saturated carbocycles. The molecule has 0 spiro atoms. The number of urea groups is 1. The molecule has 0 radical (unpaired) electrons. The van der Waals surface area contributed by atoms with Crippen molar-refractivity contribution in [2.45, 2.75) is 44.6 Å². The maximum atomic E-state index is 12.5. The van der Waals surface area contributed by atoms with Gasteiger partial charge in [-0.05, 0) is 37.0 Å². The van der Waals surface area contributed by atoms with Crippen LogP contribution in [0.5, 0.6) is 0 Å².